The number of nitrogens with one attached hydrogen (secondary N) is 1. The minimum Gasteiger partial charge on any atom is -0.480 e. The standard InChI is InChI=1S/C12H18N2O5/c1-6-9(8(3)19-14-6)4-5-10(16)13-11(7(2)15)12(17)18/h7,11,15H,4-5H2,1-3H3,(H,13,16)(H,17,18). The van der Waals surface area contributed by atoms with Gasteiger partial charge in [-0.3, -0.25) is 4.79 Å². The smallest absolute Gasteiger partial charge is 0.328 e. The van der Waals surface area contributed by atoms with E-state index in [4.69, 9.17) is 9.63 Å². The summed E-state index contributed by atoms with van der Waals surface area (Å²) in [5.74, 6) is -1.05. The first-order chi connectivity index (χ1) is 8.82. The number of aryl methyl sites for hydroxylation is 2. The van der Waals surface area contributed by atoms with E-state index in [9.17, 15) is 14.7 Å². The topological polar surface area (TPSA) is 113 Å². The van der Waals surface area contributed by atoms with Crippen molar-refractivity contribution in [2.75, 3.05) is 0 Å². The first kappa shape index (κ1) is 15.2. The number of amides is 1. The van der Waals surface area contributed by atoms with Crippen LogP contribution in [0, 0.1) is 13.8 Å². The molecule has 2 unspecified atom stereocenters. The lowest BCUT2D eigenvalue weighted by Gasteiger charge is -2.16. The Balaban J connectivity index is 2.54. The monoisotopic (exact) mass is 270 g/mol. The number of carboxylic acids is 1. The fraction of sp³-hybridized carbons (Fsp3) is 0.583. The molecule has 7 nitrogen and oxygen atoms in total. The van der Waals surface area contributed by atoms with E-state index in [0.717, 1.165) is 11.3 Å². The molecule has 1 heterocycles. The predicted molar refractivity (Wildman–Crippen MR) is 65.5 cm³/mol. The van der Waals surface area contributed by atoms with Crippen LogP contribution in [0.5, 0.6) is 0 Å². The van der Waals surface area contributed by atoms with Gasteiger partial charge in [-0.05, 0) is 27.2 Å². The Kier molecular flexibility index (Phi) is 5.05. The van der Waals surface area contributed by atoms with Gasteiger partial charge in [-0.1, -0.05) is 5.16 Å². The van der Waals surface area contributed by atoms with E-state index in [0.29, 0.717) is 12.2 Å². The summed E-state index contributed by atoms with van der Waals surface area (Å²) < 4.78 is 4.97. The molecule has 0 bridgehead atoms. The Hall–Kier alpha value is -1.89. The molecule has 1 aromatic rings. The van der Waals surface area contributed by atoms with Crippen molar-refractivity contribution >= 4 is 11.9 Å². The molecule has 1 aromatic heterocycles. The number of aliphatic hydroxyl groups excluding tert-OH is 1. The maximum absolute atomic E-state index is 11.6. The summed E-state index contributed by atoms with van der Waals surface area (Å²) in [6.07, 6.45) is -0.626. The minimum absolute atomic E-state index is 0.111. The van der Waals surface area contributed by atoms with E-state index in [2.05, 4.69) is 10.5 Å². The number of aliphatic carboxylic acids is 1. The van der Waals surface area contributed by atoms with Crippen molar-refractivity contribution in [2.45, 2.75) is 45.8 Å². The molecule has 0 saturated heterocycles. The van der Waals surface area contributed by atoms with Gasteiger partial charge in [0.25, 0.3) is 0 Å². The van der Waals surface area contributed by atoms with E-state index in [1.54, 1.807) is 13.8 Å². The Morgan fingerprint density at radius 3 is 2.47 bits per heavy atom. The number of aliphatic hydroxyl groups is 1. The molecule has 0 saturated carbocycles. The van der Waals surface area contributed by atoms with Crippen molar-refractivity contribution in [3.05, 3.63) is 17.0 Å². The van der Waals surface area contributed by atoms with Gasteiger partial charge in [0.2, 0.25) is 5.91 Å². The van der Waals surface area contributed by atoms with Gasteiger partial charge >= 0.3 is 5.97 Å². The third-order valence-electron chi connectivity index (χ3n) is 2.85. The van der Waals surface area contributed by atoms with Gasteiger partial charge in [0.05, 0.1) is 11.8 Å². The van der Waals surface area contributed by atoms with Crippen LogP contribution < -0.4 is 5.32 Å². The number of carboxylic acid groups (broad SMARTS) is 1. The van der Waals surface area contributed by atoms with Crippen LogP contribution in [-0.2, 0) is 16.0 Å². The highest BCUT2D eigenvalue weighted by Crippen LogP contribution is 2.14. The quantitative estimate of drug-likeness (QED) is 0.679. The maximum Gasteiger partial charge on any atom is 0.328 e. The van der Waals surface area contributed by atoms with Crippen molar-refractivity contribution < 1.29 is 24.3 Å². The molecule has 19 heavy (non-hydrogen) atoms. The fourth-order valence-electron chi connectivity index (χ4n) is 1.73. The molecular weight excluding hydrogens is 252 g/mol. The Morgan fingerprint density at radius 1 is 1.42 bits per heavy atom. The number of hydrogen-bond acceptors (Lipinski definition) is 5. The summed E-state index contributed by atoms with van der Waals surface area (Å²) >= 11 is 0. The SMILES string of the molecule is Cc1noc(C)c1CCC(=O)NC(C(=O)O)C(C)O. The predicted octanol–water partition coefficient (Wildman–Crippen LogP) is 0.174. The molecule has 1 amide bonds. The van der Waals surface area contributed by atoms with E-state index < -0.39 is 24.0 Å². The first-order valence-electron chi connectivity index (χ1n) is 5.95. The third-order valence-corrected chi connectivity index (χ3v) is 2.85. The summed E-state index contributed by atoms with van der Waals surface area (Å²) in [5, 5.41) is 24.1. The minimum atomic E-state index is -1.29. The average Bonchev–Trinajstić information content (AvgIpc) is 2.62. The van der Waals surface area contributed by atoms with E-state index in [-0.39, 0.29) is 6.42 Å². The van der Waals surface area contributed by atoms with Crippen LogP contribution in [0.15, 0.2) is 4.52 Å². The number of hydrogen-bond donors (Lipinski definition) is 3. The zero-order valence-corrected chi connectivity index (χ0v) is 11.1. The van der Waals surface area contributed by atoms with Crippen molar-refractivity contribution in [3.63, 3.8) is 0 Å². The van der Waals surface area contributed by atoms with Crippen LogP contribution in [0.1, 0.15) is 30.4 Å². The third kappa shape index (κ3) is 4.06. The largest absolute Gasteiger partial charge is 0.480 e. The summed E-state index contributed by atoms with van der Waals surface area (Å²) in [5.41, 5.74) is 1.56. The summed E-state index contributed by atoms with van der Waals surface area (Å²) in [7, 11) is 0. The van der Waals surface area contributed by atoms with E-state index >= 15 is 0 Å². The van der Waals surface area contributed by atoms with Crippen LogP contribution in [-0.4, -0.2) is 39.4 Å². The zero-order chi connectivity index (χ0) is 14.6. The number of carbonyl (C=O) groups excluding carboxylic acids is 1. The van der Waals surface area contributed by atoms with Crippen LogP contribution in [0.25, 0.3) is 0 Å². The van der Waals surface area contributed by atoms with Gasteiger partial charge in [-0.2, -0.15) is 0 Å². The summed E-state index contributed by atoms with van der Waals surface area (Å²) in [4.78, 5) is 22.5. The maximum atomic E-state index is 11.6. The molecule has 0 fully saturated rings. The van der Waals surface area contributed by atoms with Crippen molar-refractivity contribution in [3.8, 4) is 0 Å². The summed E-state index contributed by atoms with van der Waals surface area (Å²) in [6.45, 7) is 4.84. The van der Waals surface area contributed by atoms with E-state index in [1.807, 2.05) is 0 Å². The van der Waals surface area contributed by atoms with Gasteiger partial charge in [0.15, 0.2) is 6.04 Å². The molecule has 0 aliphatic rings. The number of rotatable bonds is 6. The van der Waals surface area contributed by atoms with Gasteiger partial charge in [0, 0.05) is 12.0 Å². The Labute approximate surface area is 110 Å². The Morgan fingerprint density at radius 2 is 2.05 bits per heavy atom. The number of aromatic nitrogens is 1. The second-order valence-corrected chi connectivity index (χ2v) is 4.43. The van der Waals surface area contributed by atoms with Crippen molar-refractivity contribution in [1.82, 2.24) is 10.5 Å². The van der Waals surface area contributed by atoms with Crippen LogP contribution in [0.4, 0.5) is 0 Å². The van der Waals surface area contributed by atoms with Crippen molar-refractivity contribution in [1.29, 1.82) is 0 Å². The van der Waals surface area contributed by atoms with Gasteiger partial charge in [-0.25, -0.2) is 4.79 Å². The van der Waals surface area contributed by atoms with Crippen molar-refractivity contribution in [2.24, 2.45) is 0 Å². The van der Waals surface area contributed by atoms with Crippen LogP contribution >= 0.6 is 0 Å². The second-order valence-electron chi connectivity index (χ2n) is 4.43. The van der Waals surface area contributed by atoms with Crippen LogP contribution in [0.3, 0.4) is 0 Å². The number of nitrogens with zero attached hydrogens (tertiary/aromatic N) is 1. The highest BCUT2D eigenvalue weighted by atomic mass is 16.5. The number of carbonyl (C=O) groups is 2. The molecular formula is C12H18N2O5. The van der Waals surface area contributed by atoms with E-state index in [1.165, 1.54) is 6.92 Å². The van der Waals surface area contributed by atoms with Gasteiger partial charge < -0.3 is 20.1 Å². The molecule has 0 aliphatic heterocycles. The Bertz CT molecular complexity index is 447. The molecule has 0 spiro atoms. The molecule has 2 atom stereocenters. The first-order valence-corrected chi connectivity index (χ1v) is 5.95. The lowest BCUT2D eigenvalue weighted by Crippen LogP contribution is -2.47. The van der Waals surface area contributed by atoms with Gasteiger partial charge in [0.1, 0.15) is 5.76 Å². The normalized spacial score (nSPS) is 13.9. The lowest BCUT2D eigenvalue weighted by molar-refractivity contribution is -0.144. The van der Waals surface area contributed by atoms with Gasteiger partial charge in [-0.15, -0.1) is 0 Å². The molecule has 0 aliphatic carbocycles. The molecule has 3 N–H and O–H groups in total. The molecule has 7 heteroatoms. The second kappa shape index (κ2) is 6.33. The highest BCUT2D eigenvalue weighted by molar-refractivity contribution is 5.84. The van der Waals surface area contributed by atoms with Crippen LogP contribution in [0.2, 0.25) is 0 Å². The molecule has 0 aromatic carbocycles. The molecule has 0 radical (unpaired) electrons. The molecule has 106 valence electrons. The summed E-state index contributed by atoms with van der Waals surface area (Å²) in [6, 6.07) is -1.29. The zero-order valence-electron chi connectivity index (χ0n) is 11.1. The molecule has 1 rings (SSSR count). The average molecular weight is 270 g/mol. The fourth-order valence-corrected chi connectivity index (χ4v) is 1.73. The highest BCUT2D eigenvalue weighted by Gasteiger charge is 2.24. The lowest BCUT2D eigenvalue weighted by atomic mass is 10.1.